The fraction of sp³-hybridized carbons (Fsp3) is 0.455. The van der Waals surface area contributed by atoms with Crippen molar-refractivity contribution in [1.82, 2.24) is 9.62 Å². The molecule has 2 N–H and O–H groups in total. The van der Waals surface area contributed by atoms with Gasteiger partial charge in [0.15, 0.2) is 0 Å². The van der Waals surface area contributed by atoms with Crippen LogP contribution in [0.25, 0.3) is 0 Å². The molecule has 1 unspecified atom stereocenters. The zero-order chi connectivity index (χ0) is 15.6. The second-order valence-corrected chi connectivity index (χ2v) is 7.31. The molecule has 0 aromatic carbocycles. The highest BCUT2D eigenvalue weighted by Crippen LogP contribution is 2.26. The Morgan fingerprint density at radius 3 is 2.81 bits per heavy atom. The number of amides is 1. The molecule has 1 aromatic heterocycles. The maximum absolute atomic E-state index is 12.6. The third kappa shape index (κ3) is 3.07. The van der Waals surface area contributed by atoms with Gasteiger partial charge in [0.1, 0.15) is 10.3 Å². The molecule has 1 aromatic rings. The predicted molar refractivity (Wildman–Crippen MR) is 73.8 cm³/mol. The summed E-state index contributed by atoms with van der Waals surface area (Å²) >= 11 is 0.817. The monoisotopic (exact) mass is 334 g/mol. The largest absolute Gasteiger partial charge is 0.478 e. The second-order valence-electron chi connectivity index (χ2n) is 4.28. The van der Waals surface area contributed by atoms with E-state index in [0.717, 1.165) is 21.7 Å². The fourth-order valence-electron chi connectivity index (χ4n) is 1.93. The van der Waals surface area contributed by atoms with Gasteiger partial charge in [-0.15, -0.1) is 11.3 Å². The van der Waals surface area contributed by atoms with Crippen molar-refractivity contribution in [2.24, 2.45) is 0 Å². The number of hydrogen-bond donors (Lipinski definition) is 2. The molecule has 10 heteroatoms. The number of carbonyl (C=O) groups excluding carboxylic acids is 1. The molecule has 0 saturated carbocycles. The fourth-order valence-corrected chi connectivity index (χ4v) is 4.77. The number of sulfonamides is 1. The van der Waals surface area contributed by atoms with Gasteiger partial charge in [-0.1, -0.05) is 0 Å². The van der Waals surface area contributed by atoms with E-state index in [-0.39, 0.29) is 29.5 Å². The van der Waals surface area contributed by atoms with Crippen LogP contribution < -0.4 is 5.32 Å². The van der Waals surface area contributed by atoms with Crippen LogP contribution in [0.1, 0.15) is 10.4 Å². The first kappa shape index (κ1) is 15.9. The van der Waals surface area contributed by atoms with Crippen LogP contribution in [-0.2, 0) is 19.6 Å². The molecule has 0 aliphatic carbocycles. The van der Waals surface area contributed by atoms with E-state index < -0.39 is 27.9 Å². The first-order valence-electron chi connectivity index (χ1n) is 6.01. The molecule has 0 spiro atoms. The molecule has 8 nitrogen and oxygen atoms in total. The Balaban J connectivity index is 2.35. The smallest absolute Gasteiger partial charge is 0.336 e. The number of nitrogens with one attached hydrogen (secondary N) is 1. The lowest BCUT2D eigenvalue weighted by atomic mass is 10.2. The number of rotatable bonds is 4. The number of nitrogens with zero attached hydrogens (tertiary/aromatic N) is 1. The van der Waals surface area contributed by atoms with Crippen molar-refractivity contribution in [3.05, 3.63) is 17.0 Å². The summed E-state index contributed by atoms with van der Waals surface area (Å²) < 4.78 is 31.2. The number of aromatic carboxylic acids is 1. The SMILES string of the molecule is CNC(=O)C1COCCN1S(=O)(=O)c1cc(C(=O)O)cs1. The van der Waals surface area contributed by atoms with Gasteiger partial charge in [0.05, 0.1) is 18.8 Å². The van der Waals surface area contributed by atoms with E-state index in [1.165, 1.54) is 12.4 Å². The molecule has 2 heterocycles. The average Bonchev–Trinajstić information content (AvgIpc) is 2.97. The van der Waals surface area contributed by atoms with Crippen LogP contribution in [0.4, 0.5) is 0 Å². The van der Waals surface area contributed by atoms with Crippen LogP contribution in [-0.4, -0.2) is 62.6 Å². The maximum atomic E-state index is 12.6. The molecule has 1 atom stereocenters. The number of likely N-dealkylation sites (N-methyl/N-ethyl adjacent to an activating group) is 1. The van der Waals surface area contributed by atoms with Gasteiger partial charge in [-0.05, 0) is 6.07 Å². The Hall–Kier alpha value is -1.49. The van der Waals surface area contributed by atoms with Crippen molar-refractivity contribution in [3.8, 4) is 0 Å². The van der Waals surface area contributed by atoms with Crippen LogP contribution in [0.2, 0.25) is 0 Å². The maximum Gasteiger partial charge on any atom is 0.336 e. The third-order valence-electron chi connectivity index (χ3n) is 3.01. The van der Waals surface area contributed by atoms with Gasteiger partial charge < -0.3 is 15.2 Å². The lowest BCUT2D eigenvalue weighted by Crippen LogP contribution is -2.55. The highest BCUT2D eigenvalue weighted by molar-refractivity contribution is 7.91. The van der Waals surface area contributed by atoms with Crippen molar-refractivity contribution in [2.45, 2.75) is 10.3 Å². The molecule has 0 radical (unpaired) electrons. The van der Waals surface area contributed by atoms with E-state index in [1.807, 2.05) is 0 Å². The molecule has 1 aliphatic heterocycles. The van der Waals surface area contributed by atoms with Crippen molar-refractivity contribution >= 4 is 33.2 Å². The number of carboxylic acid groups (broad SMARTS) is 1. The van der Waals surface area contributed by atoms with E-state index in [2.05, 4.69) is 5.32 Å². The summed E-state index contributed by atoms with van der Waals surface area (Å²) in [5, 5.41) is 12.5. The quantitative estimate of drug-likeness (QED) is 0.773. The lowest BCUT2D eigenvalue weighted by molar-refractivity contribution is -0.128. The van der Waals surface area contributed by atoms with Crippen LogP contribution in [0, 0.1) is 0 Å². The third-order valence-corrected chi connectivity index (χ3v) is 6.34. The number of thiophene rings is 1. The van der Waals surface area contributed by atoms with E-state index >= 15 is 0 Å². The summed E-state index contributed by atoms with van der Waals surface area (Å²) in [5.41, 5.74) is -0.0941. The summed E-state index contributed by atoms with van der Waals surface area (Å²) in [6.07, 6.45) is 0. The van der Waals surface area contributed by atoms with Gasteiger partial charge in [-0.25, -0.2) is 13.2 Å². The molecule has 2 rings (SSSR count). The standard InChI is InChI=1S/C11H14N2O6S2/c1-12-10(14)8-5-19-3-2-13(8)21(17,18)9-4-7(6-20-9)11(15)16/h4,6,8H,2-3,5H2,1H3,(H,12,14)(H,15,16). The summed E-state index contributed by atoms with van der Waals surface area (Å²) in [7, 11) is -2.52. The van der Waals surface area contributed by atoms with Crippen molar-refractivity contribution in [1.29, 1.82) is 0 Å². The van der Waals surface area contributed by atoms with Gasteiger partial charge >= 0.3 is 5.97 Å². The van der Waals surface area contributed by atoms with Gasteiger partial charge in [-0.2, -0.15) is 4.31 Å². The Kier molecular flexibility index (Phi) is 4.61. The topological polar surface area (TPSA) is 113 Å². The first-order chi connectivity index (χ1) is 9.87. The van der Waals surface area contributed by atoms with E-state index in [1.54, 1.807) is 0 Å². The van der Waals surface area contributed by atoms with Gasteiger partial charge in [0.25, 0.3) is 10.0 Å². The van der Waals surface area contributed by atoms with Crippen LogP contribution in [0.15, 0.2) is 15.7 Å². The average molecular weight is 334 g/mol. The summed E-state index contributed by atoms with van der Waals surface area (Å²) in [6, 6.07) is 0.141. The number of carboxylic acids is 1. The molecule has 1 saturated heterocycles. The molecule has 1 fully saturated rings. The summed E-state index contributed by atoms with van der Waals surface area (Å²) in [4.78, 5) is 22.6. The number of morpholine rings is 1. The van der Waals surface area contributed by atoms with Crippen LogP contribution >= 0.6 is 11.3 Å². The second kappa shape index (κ2) is 6.10. The Morgan fingerprint density at radius 2 is 2.24 bits per heavy atom. The van der Waals surface area contributed by atoms with Crippen LogP contribution in [0.5, 0.6) is 0 Å². The highest BCUT2D eigenvalue weighted by atomic mass is 32.2. The summed E-state index contributed by atoms with van der Waals surface area (Å²) in [5.74, 6) is -1.66. The Labute approximate surface area is 125 Å². The molecular weight excluding hydrogens is 320 g/mol. The minimum absolute atomic E-state index is 0.0317. The molecule has 0 bridgehead atoms. The summed E-state index contributed by atoms with van der Waals surface area (Å²) in [6.45, 7) is 0.195. The Bertz CT molecular complexity index is 653. The minimum Gasteiger partial charge on any atom is -0.478 e. The number of hydrogen-bond acceptors (Lipinski definition) is 6. The highest BCUT2D eigenvalue weighted by Gasteiger charge is 2.38. The molecule has 1 aliphatic rings. The van der Waals surface area contributed by atoms with E-state index in [4.69, 9.17) is 9.84 Å². The van der Waals surface area contributed by atoms with Crippen molar-refractivity contribution < 1.29 is 27.9 Å². The zero-order valence-corrected chi connectivity index (χ0v) is 12.7. The molecule has 21 heavy (non-hydrogen) atoms. The van der Waals surface area contributed by atoms with Crippen molar-refractivity contribution in [3.63, 3.8) is 0 Å². The predicted octanol–water partition coefficient (Wildman–Crippen LogP) is -0.418. The molecule has 116 valence electrons. The van der Waals surface area contributed by atoms with Crippen molar-refractivity contribution in [2.75, 3.05) is 26.8 Å². The first-order valence-corrected chi connectivity index (χ1v) is 8.33. The molecular formula is C11H14N2O6S2. The Morgan fingerprint density at radius 1 is 1.52 bits per heavy atom. The van der Waals surface area contributed by atoms with Gasteiger partial charge in [0, 0.05) is 19.0 Å². The van der Waals surface area contributed by atoms with Gasteiger partial charge in [-0.3, -0.25) is 4.79 Å². The van der Waals surface area contributed by atoms with E-state index in [0.29, 0.717) is 0 Å². The zero-order valence-electron chi connectivity index (χ0n) is 11.1. The van der Waals surface area contributed by atoms with E-state index in [9.17, 15) is 18.0 Å². The number of ether oxygens (including phenoxy) is 1. The lowest BCUT2D eigenvalue weighted by Gasteiger charge is -2.32. The number of carbonyl (C=O) groups is 2. The minimum atomic E-state index is -3.93. The van der Waals surface area contributed by atoms with Gasteiger partial charge in [0.2, 0.25) is 5.91 Å². The normalized spacial score (nSPS) is 20.1. The van der Waals surface area contributed by atoms with Crippen LogP contribution in [0.3, 0.4) is 0 Å². The molecule has 1 amide bonds.